The summed E-state index contributed by atoms with van der Waals surface area (Å²) in [6.45, 7) is 10.5. The van der Waals surface area contributed by atoms with Crippen molar-refractivity contribution in [2.75, 3.05) is 44.2 Å². The maximum Gasteiger partial charge on any atom is 0.225 e. The van der Waals surface area contributed by atoms with E-state index in [1.165, 1.54) is 11.1 Å². The van der Waals surface area contributed by atoms with Crippen LogP contribution in [0.15, 0.2) is 47.7 Å². The van der Waals surface area contributed by atoms with Crippen LogP contribution in [-0.2, 0) is 17.9 Å². The molecule has 0 aliphatic carbocycles. The number of hydrogen-bond donors (Lipinski definition) is 1. The number of aliphatic imine (C=N–C) groups is 1. The third-order valence-corrected chi connectivity index (χ3v) is 4.73. The minimum Gasteiger partial charge on any atom is -0.377 e. The number of nitrogens with zero attached hydrogens (tertiary/aromatic N) is 5. The van der Waals surface area contributed by atoms with Crippen LogP contribution in [0.4, 0.5) is 5.95 Å². The van der Waals surface area contributed by atoms with Crippen molar-refractivity contribution in [3.8, 4) is 0 Å². The van der Waals surface area contributed by atoms with Gasteiger partial charge < -0.3 is 19.9 Å². The zero-order valence-corrected chi connectivity index (χ0v) is 16.8. The Morgan fingerprint density at radius 3 is 2.43 bits per heavy atom. The normalized spacial score (nSPS) is 15.0. The zero-order chi connectivity index (χ0) is 19.6. The second-order valence-corrected chi connectivity index (χ2v) is 6.60. The Morgan fingerprint density at radius 1 is 1.04 bits per heavy atom. The number of hydrogen-bond acceptors (Lipinski definition) is 5. The van der Waals surface area contributed by atoms with Crippen LogP contribution >= 0.6 is 0 Å². The van der Waals surface area contributed by atoms with Crippen LogP contribution in [0.2, 0.25) is 0 Å². The number of nitrogens with one attached hydrogen (secondary N) is 1. The van der Waals surface area contributed by atoms with Gasteiger partial charge in [0.15, 0.2) is 5.96 Å². The van der Waals surface area contributed by atoms with Gasteiger partial charge in [-0.05, 0) is 31.0 Å². The van der Waals surface area contributed by atoms with Gasteiger partial charge >= 0.3 is 0 Å². The summed E-state index contributed by atoms with van der Waals surface area (Å²) in [4.78, 5) is 18.1. The number of rotatable bonds is 7. The van der Waals surface area contributed by atoms with Crippen LogP contribution in [0.5, 0.6) is 0 Å². The van der Waals surface area contributed by atoms with Crippen LogP contribution in [0.25, 0.3) is 0 Å². The van der Waals surface area contributed by atoms with Crippen molar-refractivity contribution < 1.29 is 4.74 Å². The van der Waals surface area contributed by atoms with Crippen LogP contribution in [0.1, 0.15) is 25.0 Å². The summed E-state index contributed by atoms with van der Waals surface area (Å²) in [5.74, 6) is 1.76. The number of guanidine groups is 1. The smallest absolute Gasteiger partial charge is 0.225 e. The van der Waals surface area contributed by atoms with Gasteiger partial charge in [0.25, 0.3) is 0 Å². The summed E-state index contributed by atoms with van der Waals surface area (Å²) in [5.41, 5.74) is 2.41. The first-order valence-corrected chi connectivity index (χ1v) is 10.0. The topological polar surface area (TPSA) is 65.9 Å². The van der Waals surface area contributed by atoms with Gasteiger partial charge in [0.1, 0.15) is 0 Å². The van der Waals surface area contributed by atoms with Gasteiger partial charge in [0.2, 0.25) is 5.95 Å². The molecule has 2 aromatic rings. The van der Waals surface area contributed by atoms with Crippen molar-refractivity contribution in [1.29, 1.82) is 0 Å². The first-order valence-electron chi connectivity index (χ1n) is 10.0. The highest BCUT2D eigenvalue weighted by Crippen LogP contribution is 2.13. The zero-order valence-electron chi connectivity index (χ0n) is 16.8. The highest BCUT2D eigenvalue weighted by molar-refractivity contribution is 5.80. The summed E-state index contributed by atoms with van der Waals surface area (Å²) in [6.07, 6.45) is 3.58. The molecule has 1 fully saturated rings. The lowest BCUT2D eigenvalue weighted by molar-refractivity contribution is 0.133. The molecule has 0 saturated carbocycles. The standard InChI is InChI=1S/C21H30N6O/c1-3-22-20(25-16-18-8-5-6-9-19(18)17-28-4-2)26-12-14-27(15-13-26)21-23-10-7-11-24-21/h5-11H,3-4,12-17H2,1-2H3,(H,22,25). The first kappa shape index (κ1) is 20.1. The summed E-state index contributed by atoms with van der Waals surface area (Å²) in [5, 5.41) is 3.43. The third-order valence-electron chi connectivity index (χ3n) is 4.73. The average molecular weight is 383 g/mol. The Labute approximate surface area is 167 Å². The molecule has 1 saturated heterocycles. The largest absolute Gasteiger partial charge is 0.377 e. The Hall–Kier alpha value is -2.67. The van der Waals surface area contributed by atoms with Crippen molar-refractivity contribution in [2.24, 2.45) is 4.99 Å². The van der Waals surface area contributed by atoms with Gasteiger partial charge in [-0.2, -0.15) is 0 Å². The van der Waals surface area contributed by atoms with Crippen molar-refractivity contribution in [3.63, 3.8) is 0 Å². The van der Waals surface area contributed by atoms with E-state index in [-0.39, 0.29) is 0 Å². The highest BCUT2D eigenvalue weighted by Gasteiger charge is 2.21. The molecule has 7 heteroatoms. The SMILES string of the molecule is CCNC(=NCc1ccccc1COCC)N1CCN(c2ncccn2)CC1. The van der Waals surface area contributed by atoms with E-state index in [4.69, 9.17) is 9.73 Å². The number of aromatic nitrogens is 2. The van der Waals surface area contributed by atoms with E-state index >= 15 is 0 Å². The molecule has 7 nitrogen and oxygen atoms in total. The van der Waals surface area contributed by atoms with Gasteiger partial charge in [0.05, 0.1) is 13.2 Å². The molecule has 150 valence electrons. The molecule has 0 bridgehead atoms. The highest BCUT2D eigenvalue weighted by atomic mass is 16.5. The molecule has 0 unspecified atom stereocenters. The molecular formula is C21H30N6O. The molecule has 1 aromatic heterocycles. The molecule has 0 atom stereocenters. The molecule has 1 aliphatic rings. The van der Waals surface area contributed by atoms with E-state index < -0.39 is 0 Å². The molecule has 2 heterocycles. The summed E-state index contributed by atoms with van der Waals surface area (Å²) in [6, 6.07) is 10.2. The molecule has 0 radical (unpaired) electrons. The molecular weight excluding hydrogens is 352 g/mol. The fraction of sp³-hybridized carbons (Fsp3) is 0.476. The number of piperazine rings is 1. The minimum atomic E-state index is 0.633. The minimum absolute atomic E-state index is 0.633. The summed E-state index contributed by atoms with van der Waals surface area (Å²) >= 11 is 0. The van der Waals surface area contributed by atoms with E-state index in [9.17, 15) is 0 Å². The molecule has 0 spiro atoms. The predicted molar refractivity (Wildman–Crippen MR) is 112 cm³/mol. The Bertz CT molecular complexity index is 744. The first-order chi connectivity index (χ1) is 13.8. The predicted octanol–water partition coefficient (Wildman–Crippen LogP) is 2.30. The van der Waals surface area contributed by atoms with Crippen LogP contribution in [0, 0.1) is 0 Å². The summed E-state index contributed by atoms with van der Waals surface area (Å²) < 4.78 is 5.59. The van der Waals surface area contributed by atoms with Crippen molar-refractivity contribution in [3.05, 3.63) is 53.9 Å². The maximum atomic E-state index is 5.59. The molecule has 3 rings (SSSR count). The maximum absolute atomic E-state index is 5.59. The lowest BCUT2D eigenvalue weighted by Gasteiger charge is -2.36. The van der Waals surface area contributed by atoms with Gasteiger partial charge in [-0.15, -0.1) is 0 Å². The second kappa shape index (κ2) is 10.6. The van der Waals surface area contributed by atoms with Crippen LogP contribution in [-0.4, -0.2) is 60.2 Å². The lowest BCUT2D eigenvalue weighted by atomic mass is 10.1. The second-order valence-electron chi connectivity index (χ2n) is 6.60. The third kappa shape index (κ3) is 5.42. The monoisotopic (exact) mass is 382 g/mol. The van der Waals surface area contributed by atoms with Gasteiger partial charge in [-0.1, -0.05) is 24.3 Å². The number of ether oxygens (including phenoxy) is 1. The van der Waals surface area contributed by atoms with E-state index in [0.29, 0.717) is 13.2 Å². The molecule has 1 aliphatic heterocycles. The van der Waals surface area contributed by atoms with E-state index in [1.54, 1.807) is 12.4 Å². The quantitative estimate of drug-likeness (QED) is 0.586. The molecule has 1 N–H and O–H groups in total. The van der Waals surface area contributed by atoms with E-state index in [2.05, 4.69) is 56.3 Å². The number of anilines is 1. The molecule has 0 amide bonds. The van der Waals surface area contributed by atoms with Crippen molar-refractivity contribution in [2.45, 2.75) is 27.0 Å². The summed E-state index contributed by atoms with van der Waals surface area (Å²) in [7, 11) is 0. The number of benzene rings is 1. The Morgan fingerprint density at radius 2 is 1.75 bits per heavy atom. The fourth-order valence-electron chi connectivity index (χ4n) is 3.22. The Balaban J connectivity index is 1.64. The van der Waals surface area contributed by atoms with Gasteiger partial charge in [-0.3, -0.25) is 0 Å². The van der Waals surface area contributed by atoms with Gasteiger partial charge in [0, 0.05) is 51.7 Å². The van der Waals surface area contributed by atoms with E-state index in [1.807, 2.05) is 13.0 Å². The van der Waals surface area contributed by atoms with Crippen molar-refractivity contribution in [1.82, 2.24) is 20.2 Å². The van der Waals surface area contributed by atoms with Crippen molar-refractivity contribution >= 4 is 11.9 Å². The van der Waals surface area contributed by atoms with E-state index in [0.717, 1.165) is 51.2 Å². The Kier molecular flexibility index (Phi) is 7.61. The van der Waals surface area contributed by atoms with Gasteiger partial charge in [-0.25, -0.2) is 15.0 Å². The van der Waals surface area contributed by atoms with Crippen LogP contribution in [0.3, 0.4) is 0 Å². The average Bonchev–Trinajstić information content (AvgIpc) is 2.76. The molecule has 1 aromatic carbocycles. The lowest BCUT2D eigenvalue weighted by Crippen LogP contribution is -2.53. The molecule has 28 heavy (non-hydrogen) atoms. The fourth-order valence-corrected chi connectivity index (χ4v) is 3.22. The van der Waals surface area contributed by atoms with Crippen LogP contribution < -0.4 is 10.2 Å².